The van der Waals surface area contributed by atoms with E-state index < -0.39 is 0 Å². The van der Waals surface area contributed by atoms with E-state index in [1.807, 2.05) is 59.6 Å². The van der Waals surface area contributed by atoms with E-state index in [4.69, 9.17) is 4.74 Å². The fourth-order valence-corrected chi connectivity index (χ4v) is 4.68. The van der Waals surface area contributed by atoms with Crippen molar-refractivity contribution >= 4 is 5.91 Å². The molecule has 2 aliphatic rings. The third-order valence-electron chi connectivity index (χ3n) is 6.18. The quantitative estimate of drug-likeness (QED) is 0.649. The number of hydrogen-bond acceptors (Lipinski definition) is 3. The summed E-state index contributed by atoms with van der Waals surface area (Å²) in [7, 11) is 1.65. The van der Waals surface area contributed by atoms with Crippen LogP contribution in [0, 0.1) is 5.82 Å². The lowest BCUT2D eigenvalue weighted by atomic mass is 10.0. The molecule has 0 N–H and O–H groups in total. The zero-order valence-corrected chi connectivity index (χ0v) is 16.9. The fraction of sp³-hybridized carbons (Fsp3) is 0.292. The van der Waals surface area contributed by atoms with Gasteiger partial charge in [-0.05, 0) is 47.5 Å². The van der Waals surface area contributed by atoms with Crippen LogP contribution in [0.5, 0.6) is 5.75 Å². The van der Waals surface area contributed by atoms with Crippen molar-refractivity contribution in [3.63, 3.8) is 0 Å². The number of benzene rings is 2. The molecule has 0 unspecified atom stereocenters. The van der Waals surface area contributed by atoms with Gasteiger partial charge in [0, 0.05) is 32.4 Å². The first-order chi connectivity index (χ1) is 14.6. The number of methoxy groups -OCH3 is 1. The molecule has 0 aliphatic carbocycles. The van der Waals surface area contributed by atoms with Gasteiger partial charge in [0.05, 0.1) is 19.2 Å². The number of ether oxygens (including phenoxy) is 1. The highest BCUT2D eigenvalue weighted by atomic mass is 19.1. The molecule has 2 aromatic carbocycles. The van der Waals surface area contributed by atoms with Crippen molar-refractivity contribution in [2.24, 2.45) is 0 Å². The zero-order chi connectivity index (χ0) is 20.7. The summed E-state index contributed by atoms with van der Waals surface area (Å²) >= 11 is 0. The number of rotatable bonds is 5. The molecule has 0 bridgehead atoms. The van der Waals surface area contributed by atoms with Crippen molar-refractivity contribution in [1.82, 2.24) is 14.4 Å². The standard InChI is InChI=1S/C24H24FN3O2/c1-30-20-10-6-18(7-11-20)14-28-23-16-26(13-17-4-8-19(25)9-5-17)15-22(23)27-12-2-3-21(27)24(28)29/h2-12,22-23H,13-16H2,1H3/t22-,23+/m1/s1. The highest BCUT2D eigenvalue weighted by molar-refractivity contribution is 5.94. The number of hydrogen-bond donors (Lipinski definition) is 0. The largest absolute Gasteiger partial charge is 0.497 e. The lowest BCUT2D eigenvalue weighted by Gasteiger charge is -2.38. The van der Waals surface area contributed by atoms with Gasteiger partial charge >= 0.3 is 0 Å². The number of likely N-dealkylation sites (tertiary alicyclic amines) is 1. The van der Waals surface area contributed by atoms with Gasteiger partial charge in [0.15, 0.2) is 0 Å². The molecular weight excluding hydrogens is 381 g/mol. The van der Waals surface area contributed by atoms with E-state index in [1.165, 1.54) is 12.1 Å². The van der Waals surface area contributed by atoms with Crippen LogP contribution in [0.15, 0.2) is 66.9 Å². The summed E-state index contributed by atoms with van der Waals surface area (Å²) in [6.45, 7) is 2.96. The number of carbonyl (C=O) groups is 1. The Hall–Kier alpha value is -3.12. The SMILES string of the molecule is COc1ccc(CN2C(=O)c3cccn3[C@@H]3CN(Cc4ccc(F)cc4)C[C@@H]32)cc1. The van der Waals surface area contributed by atoms with Crippen LogP contribution < -0.4 is 4.74 Å². The number of amides is 1. The normalized spacial score (nSPS) is 20.9. The number of nitrogens with zero attached hydrogens (tertiary/aromatic N) is 3. The molecule has 30 heavy (non-hydrogen) atoms. The van der Waals surface area contributed by atoms with E-state index in [1.54, 1.807) is 7.11 Å². The smallest absolute Gasteiger partial charge is 0.271 e. The fourth-order valence-electron chi connectivity index (χ4n) is 4.68. The first-order valence-corrected chi connectivity index (χ1v) is 10.2. The summed E-state index contributed by atoms with van der Waals surface area (Å²) in [6, 6.07) is 18.7. The predicted octanol–water partition coefficient (Wildman–Crippen LogP) is 3.72. The van der Waals surface area contributed by atoms with Gasteiger partial charge in [-0.25, -0.2) is 4.39 Å². The van der Waals surface area contributed by atoms with Crippen LogP contribution in [-0.2, 0) is 13.1 Å². The van der Waals surface area contributed by atoms with Crippen LogP contribution in [0.1, 0.15) is 27.7 Å². The Labute approximate surface area is 175 Å². The molecule has 1 saturated heterocycles. The highest BCUT2D eigenvalue weighted by Gasteiger charge is 2.44. The molecule has 0 spiro atoms. The average Bonchev–Trinajstić information content (AvgIpc) is 3.40. The Bertz CT molecular complexity index is 1050. The van der Waals surface area contributed by atoms with Crippen LogP contribution >= 0.6 is 0 Å². The van der Waals surface area contributed by atoms with Gasteiger partial charge in [0.1, 0.15) is 17.3 Å². The Balaban J connectivity index is 1.40. The first kappa shape index (κ1) is 18.9. The Kier molecular flexibility index (Phi) is 4.79. The molecule has 0 saturated carbocycles. The second-order valence-corrected chi connectivity index (χ2v) is 8.04. The molecule has 1 amide bonds. The number of fused-ring (bicyclic) bond motifs is 3. The van der Waals surface area contributed by atoms with Gasteiger partial charge in [-0.3, -0.25) is 9.69 Å². The summed E-state index contributed by atoms with van der Waals surface area (Å²) in [6.07, 6.45) is 2.01. The van der Waals surface area contributed by atoms with Crippen LogP contribution in [0.2, 0.25) is 0 Å². The van der Waals surface area contributed by atoms with Crippen molar-refractivity contribution < 1.29 is 13.9 Å². The minimum atomic E-state index is -0.220. The Morgan fingerprint density at radius 1 is 0.933 bits per heavy atom. The maximum Gasteiger partial charge on any atom is 0.271 e. The number of halogens is 1. The average molecular weight is 405 g/mol. The first-order valence-electron chi connectivity index (χ1n) is 10.2. The molecule has 3 aromatic rings. The van der Waals surface area contributed by atoms with E-state index in [0.717, 1.165) is 42.2 Å². The third kappa shape index (κ3) is 3.37. The molecule has 3 heterocycles. The van der Waals surface area contributed by atoms with Gasteiger partial charge in [0.2, 0.25) is 0 Å². The summed E-state index contributed by atoms with van der Waals surface area (Å²) in [4.78, 5) is 17.6. The molecule has 0 radical (unpaired) electrons. The van der Waals surface area contributed by atoms with E-state index in [-0.39, 0.29) is 23.8 Å². The maximum atomic E-state index is 13.3. The molecular formula is C24H24FN3O2. The minimum absolute atomic E-state index is 0.0701. The van der Waals surface area contributed by atoms with Gasteiger partial charge in [0.25, 0.3) is 5.91 Å². The molecule has 5 nitrogen and oxygen atoms in total. The van der Waals surface area contributed by atoms with Crippen LogP contribution in [0.25, 0.3) is 0 Å². The van der Waals surface area contributed by atoms with Gasteiger partial charge in [-0.2, -0.15) is 0 Å². The van der Waals surface area contributed by atoms with Crippen molar-refractivity contribution in [2.75, 3.05) is 20.2 Å². The van der Waals surface area contributed by atoms with Crippen molar-refractivity contribution in [1.29, 1.82) is 0 Å². The predicted molar refractivity (Wildman–Crippen MR) is 112 cm³/mol. The highest BCUT2D eigenvalue weighted by Crippen LogP contribution is 2.35. The van der Waals surface area contributed by atoms with Crippen molar-refractivity contribution in [2.45, 2.75) is 25.2 Å². The molecule has 2 atom stereocenters. The van der Waals surface area contributed by atoms with E-state index in [0.29, 0.717) is 6.54 Å². The topological polar surface area (TPSA) is 37.7 Å². The molecule has 5 rings (SSSR count). The second kappa shape index (κ2) is 7.61. The van der Waals surface area contributed by atoms with Crippen LogP contribution in [-0.4, -0.2) is 46.5 Å². The Morgan fingerprint density at radius 3 is 2.33 bits per heavy atom. The van der Waals surface area contributed by atoms with Crippen molar-refractivity contribution in [3.8, 4) is 5.75 Å². The minimum Gasteiger partial charge on any atom is -0.497 e. The molecule has 1 aromatic heterocycles. The van der Waals surface area contributed by atoms with Crippen LogP contribution in [0.3, 0.4) is 0 Å². The number of aromatic nitrogens is 1. The lowest BCUT2D eigenvalue weighted by molar-refractivity contribution is 0.0556. The maximum absolute atomic E-state index is 13.3. The van der Waals surface area contributed by atoms with E-state index in [9.17, 15) is 9.18 Å². The van der Waals surface area contributed by atoms with Crippen molar-refractivity contribution in [3.05, 3.63) is 89.5 Å². The zero-order valence-electron chi connectivity index (χ0n) is 16.9. The molecule has 2 aliphatic heterocycles. The molecule has 1 fully saturated rings. The van der Waals surface area contributed by atoms with E-state index in [2.05, 4.69) is 9.47 Å². The van der Waals surface area contributed by atoms with Gasteiger partial charge < -0.3 is 14.2 Å². The summed E-state index contributed by atoms with van der Waals surface area (Å²) in [5, 5.41) is 0. The monoisotopic (exact) mass is 405 g/mol. The number of carbonyl (C=O) groups excluding carboxylic acids is 1. The summed E-state index contributed by atoms with van der Waals surface area (Å²) < 4.78 is 20.6. The lowest BCUT2D eigenvalue weighted by Crippen LogP contribution is -2.49. The molecule has 154 valence electrons. The third-order valence-corrected chi connectivity index (χ3v) is 6.18. The van der Waals surface area contributed by atoms with E-state index >= 15 is 0 Å². The summed E-state index contributed by atoms with van der Waals surface area (Å²) in [5.41, 5.74) is 2.91. The van der Waals surface area contributed by atoms with Gasteiger partial charge in [-0.15, -0.1) is 0 Å². The summed E-state index contributed by atoms with van der Waals surface area (Å²) in [5.74, 6) is 0.657. The van der Waals surface area contributed by atoms with Gasteiger partial charge in [-0.1, -0.05) is 24.3 Å². The Morgan fingerprint density at radius 2 is 1.60 bits per heavy atom. The molecule has 6 heteroatoms. The second-order valence-electron chi connectivity index (χ2n) is 8.04. The van der Waals surface area contributed by atoms with Crippen LogP contribution in [0.4, 0.5) is 4.39 Å².